The van der Waals surface area contributed by atoms with E-state index in [1.165, 1.54) is 12.8 Å². The lowest BCUT2D eigenvalue weighted by Crippen LogP contribution is -2.59. The van der Waals surface area contributed by atoms with Crippen molar-refractivity contribution < 1.29 is 4.79 Å². The molecule has 19 heavy (non-hydrogen) atoms. The zero-order chi connectivity index (χ0) is 13.2. The summed E-state index contributed by atoms with van der Waals surface area (Å²) in [5.74, 6) is 0.324. The van der Waals surface area contributed by atoms with Crippen molar-refractivity contribution >= 4 is 23.2 Å². The number of fused-ring (bicyclic) bond motifs is 1. The molecule has 1 N–H and O–H groups in total. The number of rotatable bonds is 2. The highest BCUT2D eigenvalue weighted by Crippen LogP contribution is 2.32. The molecule has 2 heterocycles. The molecule has 1 aromatic heterocycles. The summed E-state index contributed by atoms with van der Waals surface area (Å²) in [7, 11) is 0. The molecular formula is C14H17N3OS. The molecule has 3 rings (SSSR count). The Balaban J connectivity index is 1.82. The predicted octanol–water partition coefficient (Wildman–Crippen LogP) is 2.49. The summed E-state index contributed by atoms with van der Waals surface area (Å²) >= 11 is 5.32. The smallest absolute Gasteiger partial charge is 0.315 e. The third-order valence-electron chi connectivity index (χ3n) is 4.02. The summed E-state index contributed by atoms with van der Waals surface area (Å²) in [6.07, 6.45) is 6.28. The van der Waals surface area contributed by atoms with Crippen LogP contribution >= 0.6 is 12.2 Å². The third-order valence-corrected chi connectivity index (χ3v) is 4.42. The van der Waals surface area contributed by atoms with Crippen molar-refractivity contribution in [1.29, 1.82) is 0 Å². The minimum Gasteiger partial charge on any atom is -0.315 e. The molecule has 2 unspecified atom stereocenters. The molecule has 100 valence electrons. The maximum absolute atomic E-state index is 12.2. The van der Waals surface area contributed by atoms with Crippen LogP contribution in [0.5, 0.6) is 0 Å². The lowest BCUT2D eigenvalue weighted by Gasteiger charge is -2.44. The van der Waals surface area contributed by atoms with Gasteiger partial charge in [-0.05, 0) is 25.0 Å². The predicted molar refractivity (Wildman–Crippen MR) is 76.7 cm³/mol. The van der Waals surface area contributed by atoms with Crippen molar-refractivity contribution in [1.82, 2.24) is 15.2 Å². The Bertz CT molecular complexity index is 491. The van der Waals surface area contributed by atoms with Gasteiger partial charge in [0.15, 0.2) is 0 Å². The highest BCUT2D eigenvalue weighted by molar-refractivity contribution is 7.80. The lowest BCUT2D eigenvalue weighted by atomic mass is 9.82. The Morgan fingerprint density at radius 3 is 3.00 bits per heavy atom. The van der Waals surface area contributed by atoms with Gasteiger partial charge < -0.3 is 10.2 Å². The number of aromatic nitrogens is 1. The van der Waals surface area contributed by atoms with Crippen LogP contribution in [0.4, 0.5) is 4.79 Å². The Morgan fingerprint density at radius 2 is 2.21 bits per heavy atom. The summed E-state index contributed by atoms with van der Waals surface area (Å²) in [5, 5.41) is 2.84. The first-order valence-electron chi connectivity index (χ1n) is 6.77. The quantitative estimate of drug-likeness (QED) is 0.843. The van der Waals surface area contributed by atoms with E-state index >= 15 is 0 Å². The Morgan fingerprint density at radius 1 is 1.37 bits per heavy atom. The average Bonchev–Trinajstić information content (AvgIpc) is 2.45. The van der Waals surface area contributed by atoms with Gasteiger partial charge in [0, 0.05) is 18.2 Å². The van der Waals surface area contributed by atoms with E-state index in [0.29, 0.717) is 12.5 Å². The third kappa shape index (κ3) is 2.47. The van der Waals surface area contributed by atoms with Gasteiger partial charge in [-0.2, -0.15) is 0 Å². The molecule has 1 saturated carbocycles. The van der Waals surface area contributed by atoms with E-state index in [-0.39, 0.29) is 12.1 Å². The van der Waals surface area contributed by atoms with E-state index in [0.717, 1.165) is 23.5 Å². The summed E-state index contributed by atoms with van der Waals surface area (Å²) < 4.78 is 0. The first-order chi connectivity index (χ1) is 9.25. The van der Waals surface area contributed by atoms with Crippen LogP contribution in [0.25, 0.3) is 0 Å². The van der Waals surface area contributed by atoms with E-state index in [1.54, 1.807) is 6.20 Å². The number of nitrogens with one attached hydrogen (secondary N) is 1. The van der Waals surface area contributed by atoms with Gasteiger partial charge in [-0.15, -0.1) is 0 Å². The maximum atomic E-state index is 12.2. The van der Waals surface area contributed by atoms with Crippen molar-refractivity contribution in [3.05, 3.63) is 30.1 Å². The number of nitrogens with zero attached hydrogens (tertiary/aromatic N) is 2. The van der Waals surface area contributed by atoms with E-state index in [4.69, 9.17) is 12.2 Å². The molecule has 2 aliphatic rings. The van der Waals surface area contributed by atoms with Crippen molar-refractivity contribution in [2.45, 2.75) is 38.3 Å². The van der Waals surface area contributed by atoms with Gasteiger partial charge in [0.2, 0.25) is 0 Å². The van der Waals surface area contributed by atoms with Crippen LogP contribution in [-0.4, -0.2) is 26.9 Å². The van der Waals surface area contributed by atoms with Crippen LogP contribution < -0.4 is 5.32 Å². The fourth-order valence-electron chi connectivity index (χ4n) is 3.07. The molecule has 5 heteroatoms. The number of carbonyl (C=O) groups is 1. The van der Waals surface area contributed by atoms with Gasteiger partial charge in [-0.1, -0.05) is 31.1 Å². The van der Waals surface area contributed by atoms with Crippen molar-refractivity contribution in [3.63, 3.8) is 0 Å². The molecule has 1 saturated heterocycles. The van der Waals surface area contributed by atoms with Crippen LogP contribution in [0, 0.1) is 5.92 Å². The number of urea groups is 1. The van der Waals surface area contributed by atoms with E-state index in [2.05, 4.69) is 10.3 Å². The number of pyridine rings is 1. The maximum Gasteiger partial charge on any atom is 0.322 e. The largest absolute Gasteiger partial charge is 0.322 e. The Hall–Kier alpha value is -1.49. The van der Waals surface area contributed by atoms with Crippen LogP contribution in [0.3, 0.4) is 0 Å². The first-order valence-corrected chi connectivity index (χ1v) is 7.18. The molecule has 0 aromatic carbocycles. The van der Waals surface area contributed by atoms with Crippen LogP contribution in [0.2, 0.25) is 0 Å². The zero-order valence-corrected chi connectivity index (χ0v) is 11.5. The number of amides is 2. The molecule has 1 aliphatic carbocycles. The topological polar surface area (TPSA) is 45.2 Å². The summed E-state index contributed by atoms with van der Waals surface area (Å²) in [6, 6.07) is 5.97. The number of hydrogen-bond acceptors (Lipinski definition) is 3. The second-order valence-corrected chi connectivity index (χ2v) is 5.64. The van der Waals surface area contributed by atoms with Crippen molar-refractivity contribution in [2.24, 2.45) is 5.92 Å². The molecule has 2 fully saturated rings. The molecule has 2 amide bonds. The van der Waals surface area contributed by atoms with Crippen LogP contribution in [0.15, 0.2) is 24.4 Å². The number of thiocarbonyl (C=S) groups is 1. The minimum absolute atomic E-state index is 0.0706. The van der Waals surface area contributed by atoms with Gasteiger partial charge in [0.25, 0.3) is 0 Å². The molecule has 0 bridgehead atoms. The summed E-state index contributed by atoms with van der Waals surface area (Å²) in [6.45, 7) is 0.566. The first kappa shape index (κ1) is 12.5. The van der Waals surface area contributed by atoms with Gasteiger partial charge in [0.1, 0.15) is 0 Å². The fourth-order valence-corrected chi connectivity index (χ4v) is 3.43. The molecule has 2 atom stereocenters. The van der Waals surface area contributed by atoms with Crippen molar-refractivity contribution in [2.75, 3.05) is 0 Å². The highest BCUT2D eigenvalue weighted by Gasteiger charge is 2.40. The molecular weight excluding hydrogens is 258 g/mol. The van der Waals surface area contributed by atoms with E-state index in [1.807, 2.05) is 23.1 Å². The number of carbonyl (C=O) groups excluding carboxylic acids is 1. The molecule has 0 spiro atoms. The molecule has 1 aliphatic heterocycles. The van der Waals surface area contributed by atoms with Gasteiger partial charge in [-0.3, -0.25) is 4.98 Å². The van der Waals surface area contributed by atoms with E-state index < -0.39 is 0 Å². The molecule has 4 nitrogen and oxygen atoms in total. The SMILES string of the molecule is O=C1NC(=S)C2CCCCC2N1Cc1ccccn1. The standard InChI is InChI=1S/C14H17N3OS/c18-14-16-13(19)11-6-1-2-7-12(11)17(14)9-10-5-3-4-8-15-10/h3-5,8,11-12H,1-2,6-7,9H2,(H,16,18,19). The Labute approximate surface area is 118 Å². The summed E-state index contributed by atoms with van der Waals surface area (Å²) in [5.41, 5.74) is 0.926. The van der Waals surface area contributed by atoms with Crippen LogP contribution in [0.1, 0.15) is 31.4 Å². The lowest BCUT2D eigenvalue weighted by molar-refractivity contribution is 0.126. The van der Waals surface area contributed by atoms with Crippen molar-refractivity contribution in [3.8, 4) is 0 Å². The van der Waals surface area contributed by atoms with Gasteiger partial charge in [0.05, 0.1) is 17.2 Å². The normalized spacial score (nSPS) is 26.8. The number of hydrogen-bond donors (Lipinski definition) is 1. The second-order valence-electron chi connectivity index (χ2n) is 5.20. The Kier molecular flexibility index (Phi) is 3.46. The minimum atomic E-state index is -0.0706. The van der Waals surface area contributed by atoms with Crippen LogP contribution in [-0.2, 0) is 6.54 Å². The average molecular weight is 275 g/mol. The summed E-state index contributed by atoms with van der Waals surface area (Å²) in [4.78, 5) is 19.1. The van der Waals surface area contributed by atoms with E-state index in [9.17, 15) is 4.79 Å². The molecule has 0 radical (unpaired) electrons. The highest BCUT2D eigenvalue weighted by atomic mass is 32.1. The monoisotopic (exact) mass is 275 g/mol. The molecule has 1 aromatic rings. The fraction of sp³-hybridized carbons (Fsp3) is 0.500. The second kappa shape index (κ2) is 5.25. The zero-order valence-electron chi connectivity index (χ0n) is 10.7. The van der Waals surface area contributed by atoms with Gasteiger partial charge in [-0.25, -0.2) is 4.79 Å². The van der Waals surface area contributed by atoms with Gasteiger partial charge >= 0.3 is 6.03 Å².